The van der Waals surface area contributed by atoms with Crippen LogP contribution < -0.4 is 0 Å². The predicted molar refractivity (Wildman–Crippen MR) is 41.5 cm³/mol. The summed E-state index contributed by atoms with van der Waals surface area (Å²) >= 11 is 5.72. The maximum atomic E-state index is 5.72. The number of hydrogen-bond donors (Lipinski definition) is 0. The molecule has 0 spiro atoms. The second kappa shape index (κ2) is 2.18. The fourth-order valence-electron chi connectivity index (χ4n) is 0.802. The van der Waals surface area contributed by atoms with Gasteiger partial charge in [-0.05, 0) is 17.9 Å². The molecule has 0 saturated carbocycles. The van der Waals surface area contributed by atoms with Crippen LogP contribution in [0.3, 0.4) is 0 Å². The van der Waals surface area contributed by atoms with Crippen LogP contribution in [0, 0.1) is 5.41 Å². The van der Waals surface area contributed by atoms with Gasteiger partial charge >= 0.3 is 0 Å². The highest BCUT2D eigenvalue weighted by molar-refractivity contribution is 6.31. The Balaban J connectivity index is 2.70. The minimum Gasteiger partial charge on any atom is -0.0847 e. The molecule has 1 aliphatic carbocycles. The van der Waals surface area contributed by atoms with Crippen LogP contribution in [-0.4, -0.2) is 0 Å². The molecule has 1 heteroatoms. The molecular formula is C8H11Cl. The van der Waals surface area contributed by atoms with E-state index in [1.807, 2.05) is 6.08 Å². The van der Waals surface area contributed by atoms with Gasteiger partial charge in [-0.3, -0.25) is 0 Å². The molecule has 0 aromatic heterocycles. The third-order valence-corrected chi connectivity index (χ3v) is 1.80. The van der Waals surface area contributed by atoms with E-state index in [1.54, 1.807) is 0 Å². The van der Waals surface area contributed by atoms with Crippen molar-refractivity contribution in [2.45, 2.75) is 20.3 Å². The average molecular weight is 143 g/mol. The summed E-state index contributed by atoms with van der Waals surface area (Å²) in [6, 6.07) is 0. The van der Waals surface area contributed by atoms with Crippen LogP contribution in [0.25, 0.3) is 0 Å². The quantitative estimate of drug-likeness (QED) is 0.488. The zero-order valence-corrected chi connectivity index (χ0v) is 6.57. The molecule has 0 aliphatic heterocycles. The third-order valence-electron chi connectivity index (χ3n) is 1.52. The van der Waals surface area contributed by atoms with Crippen LogP contribution in [0.15, 0.2) is 23.3 Å². The van der Waals surface area contributed by atoms with Crippen molar-refractivity contribution in [3.63, 3.8) is 0 Å². The Kier molecular flexibility index (Phi) is 1.67. The summed E-state index contributed by atoms with van der Waals surface area (Å²) in [5.41, 5.74) is 0.318. The molecule has 9 heavy (non-hydrogen) atoms. The summed E-state index contributed by atoms with van der Waals surface area (Å²) in [7, 11) is 0. The molecule has 1 rings (SSSR count). The highest BCUT2D eigenvalue weighted by atomic mass is 35.5. The second-order valence-corrected chi connectivity index (χ2v) is 3.55. The molecule has 0 unspecified atom stereocenters. The first-order valence-corrected chi connectivity index (χ1v) is 3.53. The first kappa shape index (κ1) is 6.88. The molecule has 0 aromatic carbocycles. The van der Waals surface area contributed by atoms with Gasteiger partial charge in [0, 0.05) is 5.03 Å². The Morgan fingerprint density at radius 2 is 2.22 bits per heavy atom. The van der Waals surface area contributed by atoms with Gasteiger partial charge in [0.2, 0.25) is 0 Å². The number of allylic oxidation sites excluding steroid dienone is 4. The van der Waals surface area contributed by atoms with E-state index in [2.05, 4.69) is 26.0 Å². The monoisotopic (exact) mass is 142 g/mol. The summed E-state index contributed by atoms with van der Waals surface area (Å²) in [6.45, 7) is 4.40. The molecule has 0 fully saturated rings. The average Bonchev–Trinajstić information content (AvgIpc) is 1.78. The number of halogens is 1. The summed E-state index contributed by atoms with van der Waals surface area (Å²) in [5.74, 6) is 0. The molecule has 0 N–H and O–H groups in total. The first-order chi connectivity index (χ1) is 4.10. The Morgan fingerprint density at radius 1 is 1.56 bits per heavy atom. The van der Waals surface area contributed by atoms with Gasteiger partial charge < -0.3 is 0 Å². The van der Waals surface area contributed by atoms with Crippen molar-refractivity contribution in [2.24, 2.45) is 5.41 Å². The highest BCUT2D eigenvalue weighted by Gasteiger charge is 2.14. The molecule has 50 valence electrons. The van der Waals surface area contributed by atoms with E-state index >= 15 is 0 Å². The van der Waals surface area contributed by atoms with E-state index in [0.717, 1.165) is 11.5 Å². The van der Waals surface area contributed by atoms with E-state index < -0.39 is 0 Å². The van der Waals surface area contributed by atoms with Gasteiger partial charge in [0.25, 0.3) is 0 Å². The molecule has 0 heterocycles. The number of hydrogen-bond acceptors (Lipinski definition) is 0. The van der Waals surface area contributed by atoms with Crippen molar-refractivity contribution in [3.05, 3.63) is 23.3 Å². The van der Waals surface area contributed by atoms with Gasteiger partial charge in [0.05, 0.1) is 0 Å². The normalized spacial score (nSPS) is 23.7. The van der Waals surface area contributed by atoms with E-state index in [9.17, 15) is 0 Å². The molecule has 0 bridgehead atoms. The standard InChI is InChI=1S/C8H11Cl/c1-8(2)5-3-7(9)4-6-8/h3-5H,6H2,1-2H3. The van der Waals surface area contributed by atoms with Crippen LogP contribution >= 0.6 is 11.6 Å². The Morgan fingerprint density at radius 3 is 2.56 bits per heavy atom. The minimum absolute atomic E-state index is 0.318. The van der Waals surface area contributed by atoms with Gasteiger partial charge in [0.15, 0.2) is 0 Å². The van der Waals surface area contributed by atoms with E-state index in [-0.39, 0.29) is 0 Å². The fraction of sp³-hybridized carbons (Fsp3) is 0.500. The molecule has 0 atom stereocenters. The Labute approximate surface area is 61.2 Å². The molecule has 0 amide bonds. The molecule has 0 aromatic rings. The largest absolute Gasteiger partial charge is 0.0847 e. The Bertz CT molecular complexity index is 163. The van der Waals surface area contributed by atoms with Crippen LogP contribution in [0.1, 0.15) is 20.3 Å². The van der Waals surface area contributed by atoms with E-state index in [1.165, 1.54) is 0 Å². The van der Waals surface area contributed by atoms with Crippen LogP contribution in [-0.2, 0) is 0 Å². The zero-order valence-electron chi connectivity index (χ0n) is 5.82. The van der Waals surface area contributed by atoms with Crippen molar-refractivity contribution in [1.82, 2.24) is 0 Å². The second-order valence-electron chi connectivity index (χ2n) is 3.12. The smallest absolute Gasteiger partial charge is 0.0363 e. The van der Waals surface area contributed by atoms with Crippen molar-refractivity contribution in [2.75, 3.05) is 0 Å². The lowest BCUT2D eigenvalue weighted by Crippen LogP contribution is -2.07. The van der Waals surface area contributed by atoms with Crippen molar-refractivity contribution >= 4 is 11.6 Å². The van der Waals surface area contributed by atoms with Crippen LogP contribution in [0.4, 0.5) is 0 Å². The molecule has 0 saturated heterocycles. The predicted octanol–water partition coefficient (Wildman–Crippen LogP) is 3.10. The van der Waals surface area contributed by atoms with Crippen molar-refractivity contribution in [1.29, 1.82) is 0 Å². The maximum Gasteiger partial charge on any atom is 0.0363 e. The lowest BCUT2D eigenvalue weighted by Gasteiger charge is -2.20. The van der Waals surface area contributed by atoms with Gasteiger partial charge in [-0.15, -0.1) is 0 Å². The Hall–Kier alpha value is -0.230. The summed E-state index contributed by atoms with van der Waals surface area (Å²) < 4.78 is 0. The van der Waals surface area contributed by atoms with E-state index in [4.69, 9.17) is 11.6 Å². The van der Waals surface area contributed by atoms with Crippen LogP contribution in [0.5, 0.6) is 0 Å². The lowest BCUT2D eigenvalue weighted by molar-refractivity contribution is 0.483. The van der Waals surface area contributed by atoms with Gasteiger partial charge in [-0.2, -0.15) is 0 Å². The molecule has 1 aliphatic rings. The summed E-state index contributed by atoms with van der Waals surface area (Å²) in [4.78, 5) is 0. The zero-order chi connectivity index (χ0) is 6.91. The van der Waals surface area contributed by atoms with Crippen molar-refractivity contribution < 1.29 is 0 Å². The van der Waals surface area contributed by atoms with Crippen LogP contribution in [0.2, 0.25) is 0 Å². The summed E-state index contributed by atoms with van der Waals surface area (Å²) in [6.07, 6.45) is 7.23. The number of rotatable bonds is 0. The fourth-order valence-corrected chi connectivity index (χ4v) is 0.942. The maximum absolute atomic E-state index is 5.72. The molecule has 0 radical (unpaired) electrons. The molecular weight excluding hydrogens is 132 g/mol. The highest BCUT2D eigenvalue weighted by Crippen LogP contribution is 2.28. The molecule has 0 nitrogen and oxygen atoms in total. The summed E-state index contributed by atoms with van der Waals surface area (Å²) in [5, 5.41) is 0.870. The first-order valence-electron chi connectivity index (χ1n) is 3.15. The minimum atomic E-state index is 0.318. The third kappa shape index (κ3) is 1.87. The lowest BCUT2D eigenvalue weighted by atomic mass is 9.86. The van der Waals surface area contributed by atoms with Gasteiger partial charge in [-0.25, -0.2) is 0 Å². The SMILES string of the molecule is CC1(C)C=CC(Cl)=CC1. The topological polar surface area (TPSA) is 0 Å². The van der Waals surface area contributed by atoms with Gasteiger partial charge in [-0.1, -0.05) is 37.6 Å². The van der Waals surface area contributed by atoms with E-state index in [0.29, 0.717) is 5.41 Å². The van der Waals surface area contributed by atoms with Crippen molar-refractivity contribution in [3.8, 4) is 0 Å². The van der Waals surface area contributed by atoms with Gasteiger partial charge in [0.1, 0.15) is 0 Å².